The van der Waals surface area contributed by atoms with Gasteiger partial charge in [-0.25, -0.2) is 0 Å². The summed E-state index contributed by atoms with van der Waals surface area (Å²) in [5.41, 5.74) is 2.28. The highest BCUT2D eigenvalue weighted by Gasteiger charge is 2.14. The minimum Gasteiger partial charge on any atom is -0.392 e. The van der Waals surface area contributed by atoms with Gasteiger partial charge in [0.25, 0.3) is 0 Å². The first-order chi connectivity index (χ1) is 6.77. The molecule has 1 N–H and O–H groups in total. The molecule has 0 fully saturated rings. The number of benzene rings is 1. The molecule has 1 aromatic rings. The second-order valence-electron chi connectivity index (χ2n) is 3.58. The molecule has 0 radical (unpaired) electrons. The summed E-state index contributed by atoms with van der Waals surface area (Å²) in [4.78, 5) is 6.33. The summed E-state index contributed by atoms with van der Waals surface area (Å²) in [6.07, 6.45) is 1.56. The van der Waals surface area contributed by atoms with Gasteiger partial charge in [0, 0.05) is 24.0 Å². The number of aliphatic imine (C=N–C) groups is 1. The Balaban J connectivity index is 2.27. The minimum atomic E-state index is -0.323. The third kappa shape index (κ3) is 1.77. The van der Waals surface area contributed by atoms with E-state index in [4.69, 9.17) is 0 Å². The van der Waals surface area contributed by atoms with E-state index in [9.17, 15) is 5.11 Å². The number of aliphatic hydroxyl groups is 1. The highest BCUT2D eigenvalue weighted by molar-refractivity contribution is 5.89. The van der Waals surface area contributed by atoms with Crippen molar-refractivity contribution in [1.82, 2.24) is 0 Å². The van der Waals surface area contributed by atoms with Gasteiger partial charge in [0.05, 0.1) is 6.10 Å². The smallest absolute Gasteiger partial charge is 0.110 e. The van der Waals surface area contributed by atoms with Crippen LogP contribution in [0.5, 0.6) is 0 Å². The predicted octanol–water partition coefficient (Wildman–Crippen LogP) is 1.26. The van der Waals surface area contributed by atoms with Crippen LogP contribution < -0.4 is 4.90 Å². The zero-order chi connectivity index (χ0) is 9.97. The third-order valence-electron chi connectivity index (χ3n) is 2.24. The largest absolute Gasteiger partial charge is 0.392 e. The van der Waals surface area contributed by atoms with Crippen molar-refractivity contribution in [3.05, 3.63) is 29.8 Å². The zero-order valence-corrected chi connectivity index (χ0v) is 8.22. The maximum atomic E-state index is 9.34. The second-order valence-corrected chi connectivity index (χ2v) is 3.58. The molecule has 0 bridgehead atoms. The van der Waals surface area contributed by atoms with Crippen LogP contribution in [0.25, 0.3) is 0 Å². The molecule has 1 aromatic carbocycles. The maximum Gasteiger partial charge on any atom is 0.110 e. The Morgan fingerprint density at radius 2 is 2.29 bits per heavy atom. The van der Waals surface area contributed by atoms with E-state index in [0.717, 1.165) is 11.3 Å². The van der Waals surface area contributed by atoms with Gasteiger partial charge < -0.3 is 10.0 Å². The molecule has 1 atom stereocenters. The van der Waals surface area contributed by atoms with Crippen LogP contribution in [0.15, 0.2) is 29.3 Å². The van der Waals surface area contributed by atoms with Crippen LogP contribution in [0, 0.1) is 0 Å². The predicted molar refractivity (Wildman–Crippen MR) is 57.9 cm³/mol. The van der Waals surface area contributed by atoms with Crippen LogP contribution in [0.4, 0.5) is 5.69 Å². The van der Waals surface area contributed by atoms with Gasteiger partial charge in [0.1, 0.15) is 6.67 Å². The number of β-amino-alcohol motifs (C(OH)–C–C–N with tert-alkyl or cyclic N) is 1. The van der Waals surface area contributed by atoms with Crippen molar-refractivity contribution in [3.63, 3.8) is 0 Å². The molecule has 0 saturated heterocycles. The first-order valence-corrected chi connectivity index (χ1v) is 4.79. The number of aliphatic hydroxyl groups excluding tert-OH is 1. The summed E-state index contributed by atoms with van der Waals surface area (Å²) in [7, 11) is 0. The molecule has 1 heterocycles. The van der Waals surface area contributed by atoms with Crippen LogP contribution in [-0.4, -0.2) is 30.6 Å². The highest BCUT2D eigenvalue weighted by atomic mass is 16.3. The molecular weight excluding hydrogens is 176 g/mol. The zero-order valence-electron chi connectivity index (χ0n) is 8.22. The molecule has 0 amide bonds. The van der Waals surface area contributed by atoms with E-state index in [0.29, 0.717) is 13.2 Å². The molecule has 3 nitrogen and oxygen atoms in total. The Bertz CT molecular complexity index is 347. The van der Waals surface area contributed by atoms with Crippen LogP contribution in [0.3, 0.4) is 0 Å². The van der Waals surface area contributed by atoms with Gasteiger partial charge in [0.2, 0.25) is 0 Å². The minimum absolute atomic E-state index is 0.323. The van der Waals surface area contributed by atoms with Crippen LogP contribution >= 0.6 is 0 Å². The molecule has 0 aromatic heterocycles. The van der Waals surface area contributed by atoms with Crippen molar-refractivity contribution in [2.24, 2.45) is 4.99 Å². The first-order valence-electron chi connectivity index (χ1n) is 4.79. The molecule has 1 unspecified atom stereocenters. The summed E-state index contributed by atoms with van der Waals surface area (Å²) in [6, 6.07) is 8.10. The van der Waals surface area contributed by atoms with Crippen molar-refractivity contribution in [2.45, 2.75) is 13.0 Å². The average Bonchev–Trinajstić information content (AvgIpc) is 2.18. The highest BCUT2D eigenvalue weighted by Crippen LogP contribution is 2.21. The molecule has 2 rings (SSSR count). The molecular formula is C11H14N2O. The van der Waals surface area contributed by atoms with Crippen molar-refractivity contribution < 1.29 is 5.11 Å². The Morgan fingerprint density at radius 3 is 3.07 bits per heavy atom. The number of para-hydroxylation sites is 1. The number of hydrogen-bond donors (Lipinski definition) is 1. The van der Waals surface area contributed by atoms with Gasteiger partial charge in [-0.15, -0.1) is 0 Å². The Hall–Kier alpha value is -1.35. The van der Waals surface area contributed by atoms with E-state index in [2.05, 4.69) is 16.0 Å². The summed E-state index contributed by atoms with van der Waals surface area (Å²) < 4.78 is 0. The van der Waals surface area contributed by atoms with Gasteiger partial charge in [0.15, 0.2) is 0 Å². The van der Waals surface area contributed by atoms with E-state index in [1.807, 2.05) is 24.4 Å². The number of rotatable bonds is 2. The number of nitrogens with zero attached hydrogens (tertiary/aromatic N) is 2. The Morgan fingerprint density at radius 1 is 1.50 bits per heavy atom. The van der Waals surface area contributed by atoms with Gasteiger partial charge in [-0.2, -0.15) is 0 Å². The van der Waals surface area contributed by atoms with E-state index in [1.54, 1.807) is 6.92 Å². The third-order valence-corrected chi connectivity index (χ3v) is 2.24. The lowest BCUT2D eigenvalue weighted by Gasteiger charge is -2.28. The summed E-state index contributed by atoms with van der Waals surface area (Å²) in [5.74, 6) is 0. The van der Waals surface area contributed by atoms with E-state index in [-0.39, 0.29) is 6.10 Å². The van der Waals surface area contributed by atoms with Crippen LogP contribution in [-0.2, 0) is 0 Å². The molecule has 1 aliphatic rings. The lowest BCUT2D eigenvalue weighted by atomic mass is 10.1. The quantitative estimate of drug-likeness (QED) is 0.762. The van der Waals surface area contributed by atoms with Gasteiger partial charge >= 0.3 is 0 Å². The molecule has 1 aliphatic heterocycles. The van der Waals surface area contributed by atoms with E-state index in [1.165, 1.54) is 0 Å². The summed E-state index contributed by atoms with van der Waals surface area (Å²) in [6.45, 7) is 3.07. The molecule has 0 aliphatic carbocycles. The molecule has 3 heteroatoms. The molecule has 0 saturated carbocycles. The fraction of sp³-hybridized carbons (Fsp3) is 0.364. The summed E-state index contributed by atoms with van der Waals surface area (Å²) >= 11 is 0. The molecule has 14 heavy (non-hydrogen) atoms. The fourth-order valence-electron chi connectivity index (χ4n) is 1.67. The van der Waals surface area contributed by atoms with E-state index < -0.39 is 0 Å². The molecule has 74 valence electrons. The fourth-order valence-corrected chi connectivity index (χ4v) is 1.67. The van der Waals surface area contributed by atoms with Crippen LogP contribution in [0.1, 0.15) is 12.5 Å². The summed E-state index contributed by atoms with van der Waals surface area (Å²) in [5, 5.41) is 9.34. The van der Waals surface area contributed by atoms with Crippen LogP contribution in [0.2, 0.25) is 0 Å². The number of hydrogen-bond acceptors (Lipinski definition) is 3. The lowest BCUT2D eigenvalue weighted by molar-refractivity contribution is 0.200. The van der Waals surface area contributed by atoms with Crippen molar-refractivity contribution in [2.75, 3.05) is 18.1 Å². The number of anilines is 1. The normalized spacial score (nSPS) is 16.6. The van der Waals surface area contributed by atoms with Crippen molar-refractivity contribution >= 4 is 11.9 Å². The van der Waals surface area contributed by atoms with Crippen molar-refractivity contribution in [1.29, 1.82) is 0 Å². The van der Waals surface area contributed by atoms with E-state index >= 15 is 0 Å². The SMILES string of the molecule is CC(O)CN1CN=Cc2ccccc21. The average molecular weight is 190 g/mol. The standard InChI is InChI=1S/C11H14N2O/c1-9(14)7-13-8-12-6-10-4-2-3-5-11(10)13/h2-6,9,14H,7-8H2,1H3. The van der Waals surface area contributed by atoms with Crippen molar-refractivity contribution in [3.8, 4) is 0 Å². The maximum absolute atomic E-state index is 9.34. The first kappa shape index (κ1) is 9.21. The van der Waals surface area contributed by atoms with Gasteiger partial charge in [-0.05, 0) is 13.0 Å². The number of fused-ring (bicyclic) bond motifs is 1. The Kier molecular flexibility index (Phi) is 2.50. The Labute approximate surface area is 83.7 Å². The monoisotopic (exact) mass is 190 g/mol. The topological polar surface area (TPSA) is 35.8 Å². The molecule has 0 spiro atoms. The lowest BCUT2D eigenvalue weighted by Crippen LogP contribution is -2.33. The van der Waals surface area contributed by atoms with Gasteiger partial charge in [-0.3, -0.25) is 4.99 Å². The second kappa shape index (κ2) is 3.80. The van der Waals surface area contributed by atoms with Gasteiger partial charge in [-0.1, -0.05) is 18.2 Å².